The Morgan fingerprint density at radius 2 is 2.08 bits per heavy atom. The van der Waals surface area contributed by atoms with Crippen molar-refractivity contribution in [2.24, 2.45) is 0 Å². The van der Waals surface area contributed by atoms with Crippen LogP contribution in [-0.4, -0.2) is 17.6 Å². The molecule has 6 heteroatoms. The number of carbonyl (C=O) groups is 1. The summed E-state index contributed by atoms with van der Waals surface area (Å²) in [6.45, 7) is 1.60. The third-order valence-electron chi connectivity index (χ3n) is 4.38. The predicted molar refractivity (Wildman–Crippen MR) is 94.6 cm³/mol. The number of aromatic nitrogens is 1. The Labute approximate surface area is 152 Å². The number of rotatable bonds is 2. The van der Waals surface area contributed by atoms with Gasteiger partial charge in [0, 0.05) is 22.3 Å². The Morgan fingerprint density at radius 3 is 2.84 bits per heavy atom. The van der Waals surface area contributed by atoms with Crippen molar-refractivity contribution in [3.8, 4) is 0 Å². The highest BCUT2D eigenvalue weighted by Crippen LogP contribution is 2.44. The lowest BCUT2D eigenvalue weighted by atomic mass is 9.94. The van der Waals surface area contributed by atoms with E-state index in [9.17, 15) is 9.18 Å². The van der Waals surface area contributed by atoms with Gasteiger partial charge in [-0.25, -0.2) is 4.39 Å². The second-order valence-electron chi connectivity index (χ2n) is 5.93. The minimum atomic E-state index is -1.62. The van der Waals surface area contributed by atoms with Gasteiger partial charge in [0.05, 0.1) is 17.9 Å². The number of benzene rings is 2. The molecule has 0 aliphatic carbocycles. The van der Waals surface area contributed by atoms with Crippen molar-refractivity contribution < 1.29 is 18.7 Å². The molecule has 0 fully saturated rings. The molecule has 25 heavy (non-hydrogen) atoms. The maximum absolute atomic E-state index is 14.6. The van der Waals surface area contributed by atoms with Crippen molar-refractivity contribution in [2.45, 2.75) is 19.1 Å². The fraction of sp³-hybridized carbons (Fsp3) is 0.211. The van der Waals surface area contributed by atoms with Gasteiger partial charge in [0.1, 0.15) is 5.82 Å². The van der Waals surface area contributed by atoms with Crippen LogP contribution in [0.5, 0.6) is 0 Å². The van der Waals surface area contributed by atoms with Gasteiger partial charge in [-0.05, 0) is 36.2 Å². The van der Waals surface area contributed by atoms with E-state index in [0.717, 1.165) is 20.9 Å². The van der Waals surface area contributed by atoms with Crippen LogP contribution in [0.15, 0.2) is 46.9 Å². The van der Waals surface area contributed by atoms with Crippen LogP contribution in [-0.2, 0) is 26.5 Å². The molecule has 3 aromatic rings. The molecule has 1 N–H and O–H groups in total. The van der Waals surface area contributed by atoms with E-state index in [1.807, 2.05) is 18.2 Å². The van der Waals surface area contributed by atoms with Gasteiger partial charge in [-0.15, -0.1) is 0 Å². The summed E-state index contributed by atoms with van der Waals surface area (Å²) < 4.78 is 27.0. The van der Waals surface area contributed by atoms with Crippen molar-refractivity contribution in [3.63, 3.8) is 0 Å². The van der Waals surface area contributed by atoms with E-state index in [4.69, 9.17) is 9.47 Å². The lowest BCUT2D eigenvalue weighted by Gasteiger charge is -2.36. The molecule has 1 aliphatic rings. The smallest absolute Gasteiger partial charge is 0.305 e. The average molecular weight is 404 g/mol. The van der Waals surface area contributed by atoms with E-state index in [0.29, 0.717) is 18.7 Å². The minimum absolute atomic E-state index is 0.175. The Bertz CT molecular complexity index is 984. The first-order valence-corrected chi connectivity index (χ1v) is 8.70. The highest BCUT2D eigenvalue weighted by atomic mass is 79.9. The van der Waals surface area contributed by atoms with Gasteiger partial charge in [0.25, 0.3) is 5.79 Å². The molecular weight excluding hydrogens is 389 g/mol. The van der Waals surface area contributed by atoms with E-state index in [2.05, 4.69) is 20.9 Å². The first-order chi connectivity index (χ1) is 12.0. The van der Waals surface area contributed by atoms with Crippen LogP contribution in [0.4, 0.5) is 4.39 Å². The van der Waals surface area contributed by atoms with Crippen molar-refractivity contribution >= 4 is 32.8 Å². The molecule has 1 unspecified atom stereocenters. The van der Waals surface area contributed by atoms with Gasteiger partial charge in [-0.3, -0.25) is 4.79 Å². The molecule has 1 aliphatic heterocycles. The van der Waals surface area contributed by atoms with Crippen molar-refractivity contribution in [1.82, 2.24) is 4.98 Å². The Morgan fingerprint density at radius 1 is 1.28 bits per heavy atom. The number of esters is 1. The summed E-state index contributed by atoms with van der Waals surface area (Å²) in [5.74, 6) is -2.66. The number of hydrogen-bond acceptors (Lipinski definition) is 3. The Balaban J connectivity index is 2.05. The molecule has 128 valence electrons. The number of fused-ring (bicyclic) bond motifs is 3. The molecule has 4 nitrogen and oxygen atoms in total. The number of aromatic amines is 1. The van der Waals surface area contributed by atoms with Crippen LogP contribution in [0, 0.1) is 5.82 Å². The third-order valence-corrected chi connectivity index (χ3v) is 5.04. The minimum Gasteiger partial charge on any atom is -0.422 e. The summed E-state index contributed by atoms with van der Waals surface area (Å²) >= 11 is 3.57. The van der Waals surface area contributed by atoms with Crippen LogP contribution in [0.3, 0.4) is 0 Å². The van der Waals surface area contributed by atoms with Crippen molar-refractivity contribution in [1.29, 1.82) is 0 Å². The predicted octanol–water partition coefficient (Wildman–Crippen LogP) is 4.41. The highest BCUT2D eigenvalue weighted by Gasteiger charge is 2.47. The van der Waals surface area contributed by atoms with Crippen LogP contribution >= 0.6 is 15.9 Å². The third kappa shape index (κ3) is 2.48. The maximum atomic E-state index is 14.6. The normalized spacial score (nSPS) is 19.6. The highest BCUT2D eigenvalue weighted by molar-refractivity contribution is 9.10. The molecule has 1 aromatic heterocycles. The fourth-order valence-corrected chi connectivity index (χ4v) is 4.05. The van der Waals surface area contributed by atoms with E-state index >= 15 is 0 Å². The summed E-state index contributed by atoms with van der Waals surface area (Å²) in [4.78, 5) is 15.1. The van der Waals surface area contributed by atoms with Gasteiger partial charge in [-0.2, -0.15) is 0 Å². The first-order valence-electron chi connectivity index (χ1n) is 7.91. The summed E-state index contributed by atoms with van der Waals surface area (Å²) in [5, 5.41) is 0.994. The summed E-state index contributed by atoms with van der Waals surface area (Å²) in [7, 11) is 0. The van der Waals surface area contributed by atoms with Gasteiger partial charge >= 0.3 is 5.97 Å². The number of nitrogens with one attached hydrogen (secondary N) is 1. The van der Waals surface area contributed by atoms with E-state index in [-0.39, 0.29) is 5.56 Å². The van der Waals surface area contributed by atoms with Crippen molar-refractivity contribution in [3.05, 3.63) is 69.6 Å². The molecular formula is C19H15BrFNO3. The summed E-state index contributed by atoms with van der Waals surface area (Å²) in [6, 6.07) is 12.0. The van der Waals surface area contributed by atoms with Gasteiger partial charge in [-0.1, -0.05) is 34.1 Å². The zero-order chi connectivity index (χ0) is 17.6. The van der Waals surface area contributed by atoms with E-state index in [1.165, 1.54) is 13.0 Å². The number of carbonyl (C=O) groups excluding carboxylic acids is 1. The molecule has 1 atom stereocenters. The van der Waals surface area contributed by atoms with Crippen LogP contribution < -0.4 is 0 Å². The largest absolute Gasteiger partial charge is 0.422 e. The monoisotopic (exact) mass is 403 g/mol. The first kappa shape index (κ1) is 16.3. The van der Waals surface area contributed by atoms with Crippen LogP contribution in [0.25, 0.3) is 10.9 Å². The lowest BCUT2D eigenvalue weighted by Crippen LogP contribution is -2.41. The van der Waals surface area contributed by atoms with Gasteiger partial charge in [0.2, 0.25) is 0 Å². The molecule has 0 bridgehead atoms. The molecule has 0 radical (unpaired) electrons. The average Bonchev–Trinajstić information content (AvgIpc) is 2.96. The van der Waals surface area contributed by atoms with Crippen LogP contribution in [0.1, 0.15) is 23.7 Å². The van der Waals surface area contributed by atoms with Gasteiger partial charge < -0.3 is 14.5 Å². The number of hydrogen-bond donors (Lipinski definition) is 1. The number of ether oxygens (including phenoxy) is 2. The maximum Gasteiger partial charge on any atom is 0.305 e. The SMILES string of the molecule is CC(=O)OC1(c2ccccc2F)OCCc2c1[nH]c1cccc(Br)c21. The zero-order valence-corrected chi connectivity index (χ0v) is 15.0. The van der Waals surface area contributed by atoms with E-state index in [1.54, 1.807) is 18.2 Å². The molecule has 0 amide bonds. The van der Waals surface area contributed by atoms with Gasteiger partial charge in [0.15, 0.2) is 0 Å². The molecule has 2 aromatic carbocycles. The quantitative estimate of drug-likeness (QED) is 0.644. The fourth-order valence-electron chi connectivity index (χ4n) is 3.45. The second-order valence-corrected chi connectivity index (χ2v) is 6.78. The number of halogens is 2. The van der Waals surface area contributed by atoms with Crippen molar-refractivity contribution in [2.75, 3.05) is 6.61 Å². The summed E-state index contributed by atoms with van der Waals surface area (Å²) in [5.41, 5.74) is 2.56. The zero-order valence-electron chi connectivity index (χ0n) is 13.4. The molecule has 2 heterocycles. The Kier molecular flexibility index (Phi) is 3.89. The summed E-state index contributed by atoms with van der Waals surface area (Å²) in [6.07, 6.45) is 0.634. The number of H-pyrrole nitrogens is 1. The molecule has 0 saturated carbocycles. The topological polar surface area (TPSA) is 51.3 Å². The Hall–Kier alpha value is -2.18. The second kappa shape index (κ2) is 5.97. The standard InChI is InChI=1S/C19H15BrFNO3/c1-11(23)25-19(13-5-2-3-7-15(13)21)18-12(9-10-24-19)17-14(20)6-4-8-16(17)22-18/h2-8,22H,9-10H2,1H3. The van der Waals surface area contributed by atoms with E-state index < -0.39 is 17.6 Å². The van der Waals surface area contributed by atoms with Crippen LogP contribution in [0.2, 0.25) is 0 Å². The molecule has 0 saturated heterocycles. The molecule has 0 spiro atoms. The lowest BCUT2D eigenvalue weighted by molar-refractivity contribution is -0.223. The molecule has 4 rings (SSSR count).